The second kappa shape index (κ2) is 7.02. The van der Waals surface area contributed by atoms with E-state index in [1.807, 2.05) is 0 Å². The minimum absolute atomic E-state index is 0.209. The molecule has 1 unspecified atom stereocenters. The van der Waals surface area contributed by atoms with E-state index in [4.69, 9.17) is 9.99 Å². The van der Waals surface area contributed by atoms with E-state index < -0.39 is 29.2 Å². The maximum atomic E-state index is 11.5. The van der Waals surface area contributed by atoms with Crippen LogP contribution in [0.5, 0.6) is 5.75 Å². The van der Waals surface area contributed by atoms with Crippen LogP contribution in [0.3, 0.4) is 0 Å². The quantitative estimate of drug-likeness (QED) is 0.470. The van der Waals surface area contributed by atoms with E-state index in [2.05, 4.69) is 20.8 Å². The molecule has 0 saturated heterocycles. The molecule has 0 saturated carbocycles. The molecule has 1 aromatic carbocycles. The number of aryl methyl sites for hydroxylation is 1. The van der Waals surface area contributed by atoms with Crippen LogP contribution in [0.4, 0.5) is 5.69 Å². The van der Waals surface area contributed by atoms with Crippen LogP contribution in [-0.2, 0) is 14.5 Å². The first-order valence-corrected chi connectivity index (χ1v) is 6.56. The molecule has 0 aromatic heterocycles. The van der Waals surface area contributed by atoms with Gasteiger partial charge in [-0.3, -0.25) is 19.8 Å². The second-order valence-electron chi connectivity index (χ2n) is 4.31. The Labute approximate surface area is 127 Å². The molecule has 0 heterocycles. The number of nitrogens with zero attached hydrogens (tertiary/aromatic N) is 1. The van der Waals surface area contributed by atoms with Gasteiger partial charge in [0.25, 0.3) is 5.75 Å². The van der Waals surface area contributed by atoms with Crippen molar-refractivity contribution < 1.29 is 29.4 Å². The summed E-state index contributed by atoms with van der Waals surface area (Å²) in [7, 11) is 0. The van der Waals surface area contributed by atoms with Crippen molar-refractivity contribution >= 4 is 33.6 Å². The number of halogens is 1. The molecule has 0 fully saturated rings. The average molecular weight is 362 g/mol. The van der Waals surface area contributed by atoms with Crippen molar-refractivity contribution in [3.63, 3.8) is 0 Å². The summed E-state index contributed by atoms with van der Waals surface area (Å²) in [6.45, 7) is 2.89. The van der Waals surface area contributed by atoms with Crippen LogP contribution in [0.15, 0.2) is 16.6 Å². The SMILES string of the molecule is Cc1cc(Br)cc([N+](=O)[O-])c1OOC(=O)C(C)CC(=O)O. The highest BCUT2D eigenvalue weighted by atomic mass is 79.9. The van der Waals surface area contributed by atoms with Gasteiger partial charge in [-0.1, -0.05) is 22.9 Å². The maximum absolute atomic E-state index is 11.5. The number of hydrogen-bond acceptors (Lipinski definition) is 6. The van der Waals surface area contributed by atoms with Crippen LogP contribution in [0.2, 0.25) is 0 Å². The first-order chi connectivity index (χ1) is 9.72. The number of rotatable bonds is 6. The van der Waals surface area contributed by atoms with E-state index >= 15 is 0 Å². The molecule has 8 nitrogen and oxygen atoms in total. The number of carbonyl (C=O) groups excluding carboxylic acids is 1. The molecular weight excluding hydrogens is 350 g/mol. The van der Waals surface area contributed by atoms with Crippen molar-refractivity contribution in [2.45, 2.75) is 20.3 Å². The third-order valence-corrected chi connectivity index (χ3v) is 2.96. The van der Waals surface area contributed by atoms with Gasteiger partial charge in [0.15, 0.2) is 0 Å². The van der Waals surface area contributed by atoms with Crippen LogP contribution in [0.25, 0.3) is 0 Å². The summed E-state index contributed by atoms with van der Waals surface area (Å²) in [4.78, 5) is 41.5. The number of carboxylic acids is 1. The van der Waals surface area contributed by atoms with E-state index in [9.17, 15) is 19.7 Å². The van der Waals surface area contributed by atoms with Gasteiger partial charge in [-0.2, -0.15) is 0 Å². The molecule has 21 heavy (non-hydrogen) atoms. The molecule has 0 aliphatic rings. The van der Waals surface area contributed by atoms with E-state index in [0.717, 1.165) is 0 Å². The van der Waals surface area contributed by atoms with Gasteiger partial charge in [-0.05, 0) is 13.0 Å². The van der Waals surface area contributed by atoms with Gasteiger partial charge in [0.05, 0.1) is 17.3 Å². The standard InChI is InChI=1S/C12H12BrNO7/c1-6-3-8(13)5-9(14(18)19)11(6)20-21-12(17)7(2)4-10(15)16/h3,5,7H,4H2,1-2H3,(H,15,16). The fourth-order valence-electron chi connectivity index (χ4n) is 1.47. The van der Waals surface area contributed by atoms with E-state index in [-0.39, 0.29) is 11.4 Å². The normalized spacial score (nSPS) is 11.6. The van der Waals surface area contributed by atoms with Gasteiger partial charge >= 0.3 is 17.6 Å². The van der Waals surface area contributed by atoms with Gasteiger partial charge in [0, 0.05) is 16.1 Å². The minimum atomic E-state index is -1.16. The Kier molecular flexibility index (Phi) is 5.65. The highest BCUT2D eigenvalue weighted by Crippen LogP contribution is 2.34. The van der Waals surface area contributed by atoms with Crippen molar-refractivity contribution in [1.29, 1.82) is 0 Å². The molecular formula is C12H12BrNO7. The molecule has 0 aliphatic carbocycles. The van der Waals surface area contributed by atoms with Crippen molar-refractivity contribution in [1.82, 2.24) is 0 Å². The van der Waals surface area contributed by atoms with Crippen LogP contribution in [0, 0.1) is 23.0 Å². The Balaban J connectivity index is 2.87. The fraction of sp³-hybridized carbons (Fsp3) is 0.333. The van der Waals surface area contributed by atoms with Crippen molar-refractivity contribution in [2.75, 3.05) is 0 Å². The lowest BCUT2D eigenvalue weighted by atomic mass is 10.1. The number of carbonyl (C=O) groups is 2. The highest BCUT2D eigenvalue weighted by molar-refractivity contribution is 9.10. The summed E-state index contributed by atoms with van der Waals surface area (Å²) < 4.78 is 0.477. The monoisotopic (exact) mass is 361 g/mol. The molecule has 0 radical (unpaired) electrons. The molecule has 1 aromatic rings. The summed E-state index contributed by atoms with van der Waals surface area (Å²) in [6, 6.07) is 2.76. The van der Waals surface area contributed by atoms with Gasteiger partial charge in [0.2, 0.25) is 0 Å². The highest BCUT2D eigenvalue weighted by Gasteiger charge is 2.24. The third kappa shape index (κ3) is 4.71. The lowest BCUT2D eigenvalue weighted by molar-refractivity contribution is -0.388. The largest absolute Gasteiger partial charge is 0.481 e. The maximum Gasteiger partial charge on any atom is 0.358 e. The number of hydrogen-bond donors (Lipinski definition) is 1. The summed E-state index contributed by atoms with van der Waals surface area (Å²) >= 11 is 3.11. The first-order valence-electron chi connectivity index (χ1n) is 5.77. The molecule has 0 amide bonds. The number of carboxylic acid groups (broad SMARTS) is 1. The predicted molar refractivity (Wildman–Crippen MR) is 73.7 cm³/mol. The second-order valence-corrected chi connectivity index (χ2v) is 5.23. The molecule has 0 spiro atoms. The topological polar surface area (TPSA) is 116 Å². The Morgan fingerprint density at radius 3 is 2.62 bits per heavy atom. The zero-order chi connectivity index (χ0) is 16.2. The van der Waals surface area contributed by atoms with Crippen LogP contribution in [0.1, 0.15) is 18.9 Å². The Bertz CT molecular complexity index is 587. The summed E-state index contributed by atoms with van der Waals surface area (Å²) in [6.07, 6.45) is -0.427. The lowest BCUT2D eigenvalue weighted by Gasteiger charge is -2.10. The molecule has 1 rings (SSSR count). The summed E-state index contributed by atoms with van der Waals surface area (Å²) in [5, 5.41) is 19.5. The van der Waals surface area contributed by atoms with Gasteiger partial charge in [-0.15, -0.1) is 0 Å². The van der Waals surface area contributed by atoms with E-state index in [1.165, 1.54) is 13.0 Å². The Morgan fingerprint density at radius 2 is 2.10 bits per heavy atom. The number of benzene rings is 1. The van der Waals surface area contributed by atoms with Crippen LogP contribution < -0.4 is 4.89 Å². The predicted octanol–water partition coefficient (Wildman–Crippen LogP) is 2.61. The number of nitro benzene ring substituents is 1. The van der Waals surface area contributed by atoms with Gasteiger partial charge in [-0.25, -0.2) is 9.68 Å². The van der Waals surface area contributed by atoms with Gasteiger partial charge < -0.3 is 5.11 Å². The molecule has 0 aliphatic heterocycles. The molecule has 0 bridgehead atoms. The van der Waals surface area contributed by atoms with Crippen molar-refractivity contribution in [3.05, 3.63) is 32.3 Å². The number of nitro groups is 1. The third-order valence-electron chi connectivity index (χ3n) is 2.51. The molecule has 9 heteroatoms. The smallest absolute Gasteiger partial charge is 0.358 e. The molecule has 1 atom stereocenters. The van der Waals surface area contributed by atoms with Crippen LogP contribution >= 0.6 is 15.9 Å². The zero-order valence-corrected chi connectivity index (χ0v) is 12.7. The van der Waals surface area contributed by atoms with Crippen LogP contribution in [-0.4, -0.2) is 22.0 Å². The number of aliphatic carboxylic acids is 1. The van der Waals surface area contributed by atoms with Gasteiger partial charge in [0.1, 0.15) is 0 Å². The molecule has 114 valence electrons. The Morgan fingerprint density at radius 1 is 1.48 bits per heavy atom. The molecule has 1 N–H and O–H groups in total. The Hall–Kier alpha value is -2.16. The van der Waals surface area contributed by atoms with Crippen molar-refractivity contribution in [2.24, 2.45) is 5.92 Å². The summed E-state index contributed by atoms with van der Waals surface area (Å²) in [5.41, 5.74) is 0.00956. The minimum Gasteiger partial charge on any atom is -0.481 e. The fourth-order valence-corrected chi connectivity index (χ4v) is 2.03. The van der Waals surface area contributed by atoms with E-state index in [0.29, 0.717) is 10.0 Å². The lowest BCUT2D eigenvalue weighted by Crippen LogP contribution is -2.20. The average Bonchev–Trinajstić information content (AvgIpc) is 2.35. The first kappa shape index (κ1) is 16.9. The van der Waals surface area contributed by atoms with E-state index in [1.54, 1.807) is 13.0 Å². The zero-order valence-electron chi connectivity index (χ0n) is 11.2. The summed E-state index contributed by atoms with van der Waals surface area (Å²) in [5.74, 6) is -3.23. The van der Waals surface area contributed by atoms with Crippen molar-refractivity contribution in [3.8, 4) is 5.75 Å².